The Morgan fingerprint density at radius 2 is 2.00 bits per heavy atom. The van der Waals surface area contributed by atoms with Crippen LogP contribution in [-0.2, 0) is 0 Å². The molecule has 3 nitrogen and oxygen atoms in total. The Morgan fingerprint density at radius 1 is 1.26 bits per heavy atom. The van der Waals surface area contributed by atoms with Crippen molar-refractivity contribution >= 4 is 11.6 Å². The molecule has 1 fully saturated rings. The molecule has 0 heterocycles. The fraction of sp³-hybridized carbons (Fsp3) is 0.562. The zero-order valence-electron chi connectivity index (χ0n) is 12.0. The second-order valence-electron chi connectivity index (χ2n) is 5.49. The van der Waals surface area contributed by atoms with E-state index >= 15 is 0 Å². The van der Waals surface area contributed by atoms with Crippen LogP contribution >= 0.6 is 0 Å². The predicted molar refractivity (Wildman–Crippen MR) is 79.6 cm³/mol. The summed E-state index contributed by atoms with van der Waals surface area (Å²) in [5.74, 6) is 0.762. The molecule has 0 aliphatic heterocycles. The summed E-state index contributed by atoms with van der Waals surface area (Å²) in [4.78, 5) is 11.6. The fourth-order valence-electron chi connectivity index (χ4n) is 2.74. The Balaban J connectivity index is 2.00. The molecule has 3 heteroatoms. The lowest BCUT2D eigenvalue weighted by Crippen LogP contribution is -2.19. The number of carbonyl (C=O) groups excluding carboxylic acids is 1. The number of benzene rings is 1. The van der Waals surface area contributed by atoms with Crippen molar-refractivity contribution in [2.75, 3.05) is 18.9 Å². The third kappa shape index (κ3) is 3.72. The van der Waals surface area contributed by atoms with Crippen molar-refractivity contribution in [3.05, 3.63) is 29.3 Å². The molecule has 1 aromatic rings. The van der Waals surface area contributed by atoms with Crippen molar-refractivity contribution in [3.63, 3.8) is 0 Å². The van der Waals surface area contributed by atoms with Crippen LogP contribution in [-0.4, -0.2) is 19.5 Å². The lowest BCUT2D eigenvalue weighted by Gasteiger charge is -2.23. The number of amides is 1. The lowest BCUT2D eigenvalue weighted by molar-refractivity contribution is 0.0963. The molecule has 1 aliphatic carbocycles. The molecule has 0 unspecified atom stereocenters. The van der Waals surface area contributed by atoms with E-state index in [4.69, 9.17) is 0 Å². The third-order valence-corrected chi connectivity index (χ3v) is 4.03. The average molecular weight is 260 g/mol. The number of rotatable bonds is 4. The van der Waals surface area contributed by atoms with Gasteiger partial charge < -0.3 is 10.6 Å². The van der Waals surface area contributed by atoms with Crippen molar-refractivity contribution in [3.8, 4) is 0 Å². The second-order valence-corrected chi connectivity index (χ2v) is 5.49. The first-order chi connectivity index (χ1) is 9.20. The van der Waals surface area contributed by atoms with Gasteiger partial charge in [-0.3, -0.25) is 4.79 Å². The van der Waals surface area contributed by atoms with Gasteiger partial charge in [-0.1, -0.05) is 25.3 Å². The summed E-state index contributed by atoms with van der Waals surface area (Å²) in [6.07, 6.45) is 6.79. The summed E-state index contributed by atoms with van der Waals surface area (Å²) in [6.45, 7) is 3.11. The first kappa shape index (κ1) is 13.9. The Kier molecular flexibility index (Phi) is 4.83. The predicted octanol–water partition coefficient (Wildman–Crippen LogP) is 3.35. The molecule has 104 valence electrons. The highest BCUT2D eigenvalue weighted by Gasteiger charge is 2.13. The molecule has 0 spiro atoms. The lowest BCUT2D eigenvalue weighted by atomic mass is 9.89. The standard InChI is InChI=1S/C16H24N2O/c1-12-8-9-14(16(19)17-2)10-15(12)18-11-13-6-4-3-5-7-13/h8-10,13,18H,3-7,11H2,1-2H3,(H,17,19). The Labute approximate surface area is 115 Å². The molecule has 1 aliphatic rings. The number of hydrogen-bond donors (Lipinski definition) is 2. The second kappa shape index (κ2) is 6.60. The first-order valence-corrected chi connectivity index (χ1v) is 7.27. The summed E-state index contributed by atoms with van der Waals surface area (Å²) in [5.41, 5.74) is 3.01. The molecule has 2 N–H and O–H groups in total. The van der Waals surface area contributed by atoms with Gasteiger partial charge in [0.25, 0.3) is 5.91 Å². The number of nitrogens with one attached hydrogen (secondary N) is 2. The van der Waals surface area contributed by atoms with Gasteiger partial charge in [0.05, 0.1) is 0 Å². The van der Waals surface area contributed by atoms with E-state index in [1.807, 2.05) is 18.2 Å². The maximum atomic E-state index is 11.6. The maximum Gasteiger partial charge on any atom is 0.251 e. The largest absolute Gasteiger partial charge is 0.385 e. The molecule has 19 heavy (non-hydrogen) atoms. The van der Waals surface area contributed by atoms with Gasteiger partial charge in [-0.25, -0.2) is 0 Å². The molecular weight excluding hydrogens is 236 g/mol. The number of anilines is 1. The van der Waals surface area contributed by atoms with Gasteiger partial charge in [0.1, 0.15) is 0 Å². The van der Waals surface area contributed by atoms with Crippen molar-refractivity contribution in [1.29, 1.82) is 0 Å². The quantitative estimate of drug-likeness (QED) is 0.871. The average Bonchev–Trinajstić information content (AvgIpc) is 2.46. The summed E-state index contributed by atoms with van der Waals surface area (Å²) in [5, 5.41) is 6.19. The van der Waals surface area contributed by atoms with E-state index in [0.717, 1.165) is 23.7 Å². The van der Waals surface area contributed by atoms with Gasteiger partial charge in [-0.15, -0.1) is 0 Å². The van der Waals surface area contributed by atoms with Gasteiger partial charge >= 0.3 is 0 Å². The van der Waals surface area contributed by atoms with E-state index < -0.39 is 0 Å². The first-order valence-electron chi connectivity index (χ1n) is 7.27. The van der Waals surface area contributed by atoms with Gasteiger partial charge in [0, 0.05) is 24.8 Å². The summed E-state index contributed by atoms with van der Waals surface area (Å²) in [7, 11) is 1.66. The Hall–Kier alpha value is -1.51. The highest BCUT2D eigenvalue weighted by atomic mass is 16.1. The van der Waals surface area contributed by atoms with Crippen LogP contribution in [0.2, 0.25) is 0 Å². The highest BCUT2D eigenvalue weighted by Crippen LogP contribution is 2.25. The fourth-order valence-corrected chi connectivity index (χ4v) is 2.74. The van der Waals surface area contributed by atoms with E-state index in [1.165, 1.54) is 37.7 Å². The van der Waals surface area contributed by atoms with Gasteiger partial charge in [0.15, 0.2) is 0 Å². The normalized spacial score (nSPS) is 16.1. The van der Waals surface area contributed by atoms with Crippen LogP contribution in [0.4, 0.5) is 5.69 Å². The van der Waals surface area contributed by atoms with Gasteiger partial charge in [-0.2, -0.15) is 0 Å². The smallest absolute Gasteiger partial charge is 0.251 e. The minimum Gasteiger partial charge on any atom is -0.385 e. The molecule has 2 rings (SSSR count). The van der Waals surface area contributed by atoms with Crippen molar-refractivity contribution in [2.45, 2.75) is 39.0 Å². The minimum atomic E-state index is -0.0271. The maximum absolute atomic E-state index is 11.6. The third-order valence-electron chi connectivity index (χ3n) is 4.03. The number of aryl methyl sites for hydroxylation is 1. The zero-order chi connectivity index (χ0) is 13.7. The molecule has 0 atom stereocenters. The van der Waals surface area contributed by atoms with Crippen LogP contribution in [0.1, 0.15) is 48.0 Å². The van der Waals surface area contributed by atoms with E-state index in [9.17, 15) is 4.79 Å². The molecule has 1 aromatic carbocycles. The summed E-state index contributed by atoms with van der Waals surface area (Å²) >= 11 is 0. The molecule has 1 amide bonds. The van der Waals surface area contributed by atoms with Crippen LogP contribution in [0.5, 0.6) is 0 Å². The van der Waals surface area contributed by atoms with E-state index in [-0.39, 0.29) is 5.91 Å². The molecule has 0 saturated heterocycles. The molecule has 0 radical (unpaired) electrons. The van der Waals surface area contributed by atoms with E-state index in [1.54, 1.807) is 7.05 Å². The van der Waals surface area contributed by atoms with Crippen LogP contribution in [0.25, 0.3) is 0 Å². The van der Waals surface area contributed by atoms with E-state index in [0.29, 0.717) is 0 Å². The minimum absolute atomic E-state index is 0.0271. The van der Waals surface area contributed by atoms with Crippen LogP contribution in [0.3, 0.4) is 0 Å². The zero-order valence-corrected chi connectivity index (χ0v) is 12.0. The van der Waals surface area contributed by atoms with Gasteiger partial charge in [-0.05, 0) is 43.4 Å². The van der Waals surface area contributed by atoms with Crippen molar-refractivity contribution in [1.82, 2.24) is 5.32 Å². The van der Waals surface area contributed by atoms with Crippen molar-refractivity contribution in [2.24, 2.45) is 5.92 Å². The number of carbonyl (C=O) groups is 1. The summed E-state index contributed by atoms with van der Waals surface area (Å²) in [6, 6.07) is 5.84. The van der Waals surface area contributed by atoms with Crippen molar-refractivity contribution < 1.29 is 4.79 Å². The Morgan fingerprint density at radius 3 is 2.68 bits per heavy atom. The van der Waals surface area contributed by atoms with Crippen LogP contribution < -0.4 is 10.6 Å². The van der Waals surface area contributed by atoms with E-state index in [2.05, 4.69) is 17.6 Å². The van der Waals surface area contributed by atoms with Crippen LogP contribution in [0, 0.1) is 12.8 Å². The van der Waals surface area contributed by atoms with Gasteiger partial charge in [0.2, 0.25) is 0 Å². The molecular formula is C16H24N2O. The monoisotopic (exact) mass is 260 g/mol. The SMILES string of the molecule is CNC(=O)c1ccc(C)c(NCC2CCCCC2)c1. The van der Waals surface area contributed by atoms with Crippen LogP contribution in [0.15, 0.2) is 18.2 Å². The molecule has 0 aromatic heterocycles. The molecule has 1 saturated carbocycles. The highest BCUT2D eigenvalue weighted by molar-refractivity contribution is 5.95. The Bertz CT molecular complexity index is 436. The summed E-state index contributed by atoms with van der Waals surface area (Å²) < 4.78 is 0. The topological polar surface area (TPSA) is 41.1 Å². The number of hydrogen-bond acceptors (Lipinski definition) is 2. The molecule has 0 bridgehead atoms.